The van der Waals surface area contributed by atoms with E-state index >= 15 is 0 Å². The van der Waals surface area contributed by atoms with Crippen LogP contribution >= 0.6 is 0 Å². The summed E-state index contributed by atoms with van der Waals surface area (Å²) >= 11 is 0. The molecule has 1 heterocycles. The van der Waals surface area contributed by atoms with Gasteiger partial charge >= 0.3 is 0 Å². The van der Waals surface area contributed by atoms with Gasteiger partial charge < -0.3 is 4.90 Å². The molecule has 1 aromatic heterocycles. The van der Waals surface area contributed by atoms with E-state index in [1.807, 2.05) is 30.5 Å². The number of hydrogen-bond acceptors (Lipinski definition) is 3. The molecular formula is C16H19N3. The summed E-state index contributed by atoms with van der Waals surface area (Å²) in [5, 5.41) is 9.98. The first-order valence-corrected chi connectivity index (χ1v) is 6.68. The summed E-state index contributed by atoms with van der Waals surface area (Å²) in [5.74, 6) is 0.561. The zero-order chi connectivity index (χ0) is 13.7. The number of fused-ring (bicyclic) bond motifs is 1. The third-order valence-corrected chi connectivity index (χ3v) is 3.05. The molecule has 0 radical (unpaired) electrons. The Morgan fingerprint density at radius 3 is 2.79 bits per heavy atom. The van der Waals surface area contributed by atoms with Crippen LogP contribution in [0.15, 0.2) is 36.5 Å². The van der Waals surface area contributed by atoms with Crippen molar-refractivity contribution in [2.75, 3.05) is 18.0 Å². The van der Waals surface area contributed by atoms with E-state index in [0.717, 1.165) is 24.0 Å². The molecule has 0 aliphatic carbocycles. The highest BCUT2D eigenvalue weighted by atomic mass is 15.1. The Morgan fingerprint density at radius 1 is 1.26 bits per heavy atom. The Morgan fingerprint density at radius 2 is 2.05 bits per heavy atom. The van der Waals surface area contributed by atoms with Crippen LogP contribution in [-0.2, 0) is 0 Å². The molecule has 19 heavy (non-hydrogen) atoms. The van der Waals surface area contributed by atoms with E-state index < -0.39 is 0 Å². The van der Waals surface area contributed by atoms with Gasteiger partial charge in [0.2, 0.25) is 0 Å². The number of aromatic nitrogens is 1. The number of hydrogen-bond donors (Lipinski definition) is 0. The summed E-state index contributed by atoms with van der Waals surface area (Å²) in [6.07, 6.45) is 2.39. The zero-order valence-corrected chi connectivity index (χ0v) is 11.5. The van der Waals surface area contributed by atoms with Crippen molar-refractivity contribution < 1.29 is 0 Å². The Kier molecular flexibility index (Phi) is 4.35. The topological polar surface area (TPSA) is 39.9 Å². The molecule has 0 aliphatic rings. The van der Waals surface area contributed by atoms with E-state index in [4.69, 9.17) is 5.26 Å². The first kappa shape index (κ1) is 13.4. The lowest BCUT2D eigenvalue weighted by atomic mass is 10.1. The first-order chi connectivity index (χ1) is 9.22. The fraction of sp³-hybridized carbons (Fsp3) is 0.375. The van der Waals surface area contributed by atoms with Crippen molar-refractivity contribution in [1.82, 2.24) is 4.98 Å². The van der Waals surface area contributed by atoms with Crippen LogP contribution in [0.25, 0.3) is 10.9 Å². The molecule has 0 aliphatic heterocycles. The maximum absolute atomic E-state index is 8.82. The molecule has 3 heteroatoms. The summed E-state index contributed by atoms with van der Waals surface area (Å²) in [7, 11) is 0. The monoisotopic (exact) mass is 253 g/mol. The predicted molar refractivity (Wildman–Crippen MR) is 79.0 cm³/mol. The molecule has 2 rings (SSSR count). The fourth-order valence-corrected chi connectivity index (χ4v) is 2.29. The summed E-state index contributed by atoms with van der Waals surface area (Å²) in [6, 6.07) is 12.4. The molecule has 0 fully saturated rings. The first-order valence-electron chi connectivity index (χ1n) is 6.68. The highest BCUT2D eigenvalue weighted by molar-refractivity contribution is 5.91. The summed E-state index contributed by atoms with van der Waals surface area (Å²) in [5.41, 5.74) is 2.18. The van der Waals surface area contributed by atoms with Crippen molar-refractivity contribution in [3.63, 3.8) is 0 Å². The van der Waals surface area contributed by atoms with E-state index in [2.05, 4.69) is 35.9 Å². The number of rotatable bonds is 5. The number of benzene rings is 1. The zero-order valence-electron chi connectivity index (χ0n) is 11.5. The molecule has 3 nitrogen and oxygen atoms in total. The van der Waals surface area contributed by atoms with Gasteiger partial charge in [-0.25, -0.2) is 0 Å². The van der Waals surface area contributed by atoms with Crippen molar-refractivity contribution in [3.05, 3.63) is 36.5 Å². The van der Waals surface area contributed by atoms with Gasteiger partial charge in [0, 0.05) is 30.4 Å². The highest BCUT2D eigenvalue weighted by Gasteiger charge is 2.11. The quantitative estimate of drug-likeness (QED) is 0.817. The van der Waals surface area contributed by atoms with Gasteiger partial charge in [0.05, 0.1) is 18.0 Å². The van der Waals surface area contributed by atoms with Crippen molar-refractivity contribution >= 4 is 16.6 Å². The Balaban J connectivity index is 2.40. The minimum Gasteiger partial charge on any atom is -0.370 e. The van der Waals surface area contributed by atoms with E-state index in [-0.39, 0.29) is 0 Å². The van der Waals surface area contributed by atoms with Crippen molar-refractivity contribution in [3.8, 4) is 6.07 Å². The molecule has 0 bridgehead atoms. The largest absolute Gasteiger partial charge is 0.370 e. The maximum atomic E-state index is 8.82. The number of para-hydroxylation sites is 1. The standard InChI is InChI=1S/C16H19N3/c1-13(2)12-19(11-5-9-17)16-8-10-18-15-7-4-3-6-14(15)16/h3-4,6-8,10,13H,5,11-12H2,1-2H3. The van der Waals surface area contributed by atoms with Crippen LogP contribution in [0.5, 0.6) is 0 Å². The smallest absolute Gasteiger partial charge is 0.0722 e. The van der Waals surface area contributed by atoms with Gasteiger partial charge in [0.25, 0.3) is 0 Å². The molecule has 98 valence electrons. The fourth-order valence-electron chi connectivity index (χ4n) is 2.29. The van der Waals surface area contributed by atoms with Gasteiger partial charge in [0.15, 0.2) is 0 Å². The summed E-state index contributed by atoms with van der Waals surface area (Å²) in [6.45, 7) is 6.11. The molecule has 0 saturated carbocycles. The van der Waals surface area contributed by atoms with E-state index in [0.29, 0.717) is 12.3 Å². The molecule has 0 spiro atoms. The lowest BCUT2D eigenvalue weighted by molar-refractivity contribution is 0.613. The van der Waals surface area contributed by atoms with E-state index in [1.165, 1.54) is 5.69 Å². The number of anilines is 1. The van der Waals surface area contributed by atoms with Crippen LogP contribution in [0.2, 0.25) is 0 Å². The second-order valence-corrected chi connectivity index (χ2v) is 5.10. The molecule has 0 atom stereocenters. The second kappa shape index (κ2) is 6.19. The van der Waals surface area contributed by atoms with Crippen LogP contribution in [0.3, 0.4) is 0 Å². The molecule has 0 saturated heterocycles. The maximum Gasteiger partial charge on any atom is 0.0722 e. The van der Waals surface area contributed by atoms with Crippen LogP contribution in [0, 0.1) is 17.2 Å². The third kappa shape index (κ3) is 3.23. The van der Waals surface area contributed by atoms with Crippen LogP contribution < -0.4 is 4.90 Å². The molecule has 1 aromatic carbocycles. The molecule has 0 unspecified atom stereocenters. The molecule has 2 aromatic rings. The van der Waals surface area contributed by atoms with Gasteiger partial charge in [-0.15, -0.1) is 0 Å². The molecule has 0 N–H and O–H groups in total. The minimum absolute atomic E-state index is 0.545. The third-order valence-electron chi connectivity index (χ3n) is 3.05. The van der Waals surface area contributed by atoms with Crippen LogP contribution in [0.4, 0.5) is 5.69 Å². The van der Waals surface area contributed by atoms with Crippen molar-refractivity contribution in [2.24, 2.45) is 5.92 Å². The van der Waals surface area contributed by atoms with Gasteiger partial charge in [0.1, 0.15) is 0 Å². The Bertz CT molecular complexity index is 579. The number of pyridine rings is 1. The van der Waals surface area contributed by atoms with Gasteiger partial charge in [-0.3, -0.25) is 4.98 Å². The van der Waals surface area contributed by atoms with Crippen molar-refractivity contribution in [2.45, 2.75) is 20.3 Å². The van der Waals surface area contributed by atoms with Crippen LogP contribution in [-0.4, -0.2) is 18.1 Å². The number of nitrogens with zero attached hydrogens (tertiary/aromatic N) is 3. The second-order valence-electron chi connectivity index (χ2n) is 5.10. The molecular weight excluding hydrogens is 234 g/mol. The number of nitriles is 1. The van der Waals surface area contributed by atoms with Crippen LogP contribution in [0.1, 0.15) is 20.3 Å². The average Bonchev–Trinajstić information content (AvgIpc) is 2.42. The normalized spacial score (nSPS) is 10.6. The van der Waals surface area contributed by atoms with E-state index in [1.54, 1.807) is 0 Å². The van der Waals surface area contributed by atoms with Gasteiger partial charge in [-0.05, 0) is 18.1 Å². The summed E-state index contributed by atoms with van der Waals surface area (Å²) in [4.78, 5) is 6.68. The van der Waals surface area contributed by atoms with Crippen molar-refractivity contribution in [1.29, 1.82) is 5.26 Å². The van der Waals surface area contributed by atoms with E-state index in [9.17, 15) is 0 Å². The SMILES string of the molecule is CC(C)CN(CCC#N)c1ccnc2ccccc12. The summed E-state index contributed by atoms with van der Waals surface area (Å²) < 4.78 is 0. The lowest BCUT2D eigenvalue weighted by Gasteiger charge is -2.27. The highest BCUT2D eigenvalue weighted by Crippen LogP contribution is 2.25. The van der Waals surface area contributed by atoms with Gasteiger partial charge in [-0.1, -0.05) is 32.0 Å². The Hall–Kier alpha value is -2.08. The van der Waals surface area contributed by atoms with Gasteiger partial charge in [-0.2, -0.15) is 5.26 Å². The Labute approximate surface area is 114 Å². The minimum atomic E-state index is 0.545. The molecule has 0 amide bonds. The predicted octanol–water partition coefficient (Wildman–Crippen LogP) is 3.61. The lowest BCUT2D eigenvalue weighted by Crippen LogP contribution is -2.28. The average molecular weight is 253 g/mol.